The van der Waals surface area contributed by atoms with Crippen LogP contribution in [0.15, 0.2) is 16.9 Å². The number of H-pyrrole nitrogens is 1. The fraction of sp³-hybridized carbons (Fsp3) is 0.722. The van der Waals surface area contributed by atoms with E-state index in [-0.39, 0.29) is 12.0 Å². The first kappa shape index (κ1) is 16.7. The third kappa shape index (κ3) is 3.93. The van der Waals surface area contributed by atoms with Gasteiger partial charge in [-0.15, -0.1) is 0 Å². The molecular formula is C18H27N5O2. The molecule has 2 fully saturated rings. The van der Waals surface area contributed by atoms with E-state index < -0.39 is 0 Å². The Morgan fingerprint density at radius 2 is 2.16 bits per heavy atom. The number of aromatic amines is 1. The number of rotatable bonds is 5. The van der Waals surface area contributed by atoms with Gasteiger partial charge in [0.1, 0.15) is 0 Å². The summed E-state index contributed by atoms with van der Waals surface area (Å²) in [5, 5.41) is 10.9. The molecule has 4 heterocycles. The quantitative estimate of drug-likeness (QED) is 0.896. The van der Waals surface area contributed by atoms with E-state index in [1.807, 2.05) is 19.3 Å². The molecular weight excluding hydrogens is 318 g/mol. The Labute approximate surface area is 148 Å². The van der Waals surface area contributed by atoms with Gasteiger partial charge in [-0.3, -0.25) is 5.10 Å². The van der Waals surface area contributed by atoms with E-state index in [4.69, 9.17) is 9.26 Å². The van der Waals surface area contributed by atoms with Crippen LogP contribution in [0.25, 0.3) is 0 Å². The van der Waals surface area contributed by atoms with Gasteiger partial charge in [-0.25, -0.2) is 0 Å². The maximum absolute atomic E-state index is 6.19. The Morgan fingerprint density at radius 1 is 1.28 bits per heavy atom. The molecule has 0 aromatic carbocycles. The average molecular weight is 345 g/mol. The van der Waals surface area contributed by atoms with Crippen LogP contribution in [0.2, 0.25) is 0 Å². The summed E-state index contributed by atoms with van der Waals surface area (Å²) in [4.78, 5) is 7.03. The van der Waals surface area contributed by atoms with E-state index in [0.717, 1.165) is 51.4 Å². The Morgan fingerprint density at radius 3 is 2.88 bits per heavy atom. The monoisotopic (exact) mass is 345 g/mol. The molecule has 2 aromatic rings. The first-order valence-corrected chi connectivity index (χ1v) is 9.41. The Balaban J connectivity index is 1.32. The van der Waals surface area contributed by atoms with E-state index in [1.54, 1.807) is 0 Å². The molecule has 2 atom stereocenters. The summed E-state index contributed by atoms with van der Waals surface area (Å²) in [6.07, 6.45) is 9.72. The standard InChI is InChI=1S/C18H27N5O2/c1-13-21-18(25-22-13)16-3-2-10-24-17(16)15-5-8-23(9-6-15)7-4-14-11-19-20-12-14/h11-12,15-17H,2-10H2,1H3,(H,19,20)/t16-,17+/m1/s1. The van der Waals surface area contributed by atoms with Crippen molar-refractivity contribution >= 4 is 0 Å². The van der Waals surface area contributed by atoms with Crippen molar-refractivity contribution in [2.75, 3.05) is 26.2 Å². The van der Waals surface area contributed by atoms with Gasteiger partial charge in [-0.05, 0) is 63.6 Å². The summed E-state index contributed by atoms with van der Waals surface area (Å²) in [6.45, 7) is 6.11. The zero-order chi connectivity index (χ0) is 17.1. The number of hydrogen-bond acceptors (Lipinski definition) is 6. The van der Waals surface area contributed by atoms with E-state index in [2.05, 4.69) is 25.2 Å². The predicted molar refractivity (Wildman–Crippen MR) is 92.2 cm³/mol. The number of likely N-dealkylation sites (tertiary alicyclic amines) is 1. The number of aromatic nitrogens is 4. The molecule has 2 aliphatic heterocycles. The van der Waals surface area contributed by atoms with Gasteiger partial charge in [0.15, 0.2) is 5.82 Å². The second kappa shape index (κ2) is 7.66. The largest absolute Gasteiger partial charge is 0.377 e. The molecule has 7 nitrogen and oxygen atoms in total. The van der Waals surface area contributed by atoms with Gasteiger partial charge in [0.2, 0.25) is 5.89 Å². The molecule has 0 radical (unpaired) electrons. The van der Waals surface area contributed by atoms with Gasteiger partial charge in [-0.1, -0.05) is 5.16 Å². The molecule has 0 spiro atoms. The minimum Gasteiger partial charge on any atom is -0.377 e. The lowest BCUT2D eigenvalue weighted by atomic mass is 9.80. The van der Waals surface area contributed by atoms with E-state index >= 15 is 0 Å². The van der Waals surface area contributed by atoms with Crippen LogP contribution in [0, 0.1) is 12.8 Å². The predicted octanol–water partition coefficient (Wildman–Crippen LogP) is 2.32. The molecule has 136 valence electrons. The normalized spacial score (nSPS) is 26.1. The highest BCUT2D eigenvalue weighted by molar-refractivity contribution is 5.03. The SMILES string of the molecule is Cc1noc([C@@H]2CCCO[C@H]2C2CCN(CCc3cn[nH]c3)CC2)n1. The Kier molecular flexibility index (Phi) is 5.12. The molecule has 2 saturated heterocycles. The third-order valence-corrected chi connectivity index (χ3v) is 5.60. The molecule has 7 heteroatoms. The second-order valence-electron chi connectivity index (χ2n) is 7.30. The fourth-order valence-corrected chi connectivity index (χ4v) is 4.20. The number of hydrogen-bond donors (Lipinski definition) is 1. The third-order valence-electron chi connectivity index (χ3n) is 5.60. The van der Waals surface area contributed by atoms with E-state index in [9.17, 15) is 0 Å². The van der Waals surface area contributed by atoms with Crippen LogP contribution >= 0.6 is 0 Å². The average Bonchev–Trinajstić information content (AvgIpc) is 3.32. The molecule has 25 heavy (non-hydrogen) atoms. The van der Waals surface area contributed by atoms with Crippen molar-refractivity contribution in [3.8, 4) is 0 Å². The summed E-state index contributed by atoms with van der Waals surface area (Å²) >= 11 is 0. The van der Waals surface area contributed by atoms with Crippen LogP contribution in [0.4, 0.5) is 0 Å². The van der Waals surface area contributed by atoms with Crippen LogP contribution in [-0.2, 0) is 11.2 Å². The molecule has 0 unspecified atom stereocenters. The smallest absolute Gasteiger partial charge is 0.232 e. The topological polar surface area (TPSA) is 80.1 Å². The van der Waals surface area contributed by atoms with Crippen molar-refractivity contribution in [1.29, 1.82) is 0 Å². The van der Waals surface area contributed by atoms with E-state index in [0.29, 0.717) is 11.7 Å². The molecule has 0 aliphatic carbocycles. The van der Waals surface area contributed by atoms with Crippen LogP contribution in [0.1, 0.15) is 48.9 Å². The number of nitrogens with zero attached hydrogens (tertiary/aromatic N) is 4. The van der Waals surface area contributed by atoms with E-state index in [1.165, 1.54) is 18.4 Å². The highest BCUT2D eigenvalue weighted by Crippen LogP contribution is 2.37. The summed E-state index contributed by atoms with van der Waals surface area (Å²) in [5.74, 6) is 2.33. The molecule has 0 amide bonds. The molecule has 2 aromatic heterocycles. The van der Waals surface area contributed by atoms with Crippen molar-refractivity contribution in [1.82, 2.24) is 25.2 Å². The van der Waals surface area contributed by atoms with Gasteiger partial charge in [0.05, 0.1) is 18.2 Å². The summed E-state index contributed by atoms with van der Waals surface area (Å²) < 4.78 is 11.7. The van der Waals surface area contributed by atoms with Crippen molar-refractivity contribution in [3.05, 3.63) is 29.7 Å². The Bertz CT molecular complexity index is 648. The molecule has 2 aliphatic rings. The molecule has 0 saturated carbocycles. The summed E-state index contributed by atoms with van der Waals surface area (Å²) in [6, 6.07) is 0. The van der Waals surface area contributed by atoms with Crippen molar-refractivity contribution < 1.29 is 9.26 Å². The zero-order valence-electron chi connectivity index (χ0n) is 14.9. The highest BCUT2D eigenvalue weighted by atomic mass is 16.5. The number of ether oxygens (including phenoxy) is 1. The highest BCUT2D eigenvalue weighted by Gasteiger charge is 2.38. The van der Waals surface area contributed by atoms with Gasteiger partial charge in [-0.2, -0.15) is 10.1 Å². The first-order chi connectivity index (χ1) is 12.3. The maximum atomic E-state index is 6.19. The fourth-order valence-electron chi connectivity index (χ4n) is 4.20. The summed E-state index contributed by atoms with van der Waals surface area (Å²) in [5.41, 5.74) is 1.28. The van der Waals surface area contributed by atoms with Gasteiger partial charge in [0.25, 0.3) is 0 Å². The maximum Gasteiger partial charge on any atom is 0.232 e. The van der Waals surface area contributed by atoms with Crippen molar-refractivity contribution in [2.45, 2.75) is 51.0 Å². The molecule has 0 bridgehead atoms. The van der Waals surface area contributed by atoms with Crippen molar-refractivity contribution in [2.24, 2.45) is 5.92 Å². The molecule has 4 rings (SSSR count). The number of piperidine rings is 1. The lowest BCUT2D eigenvalue weighted by Gasteiger charge is -2.40. The minimum absolute atomic E-state index is 0.227. The van der Waals surface area contributed by atoms with Crippen LogP contribution in [-0.4, -0.2) is 57.6 Å². The van der Waals surface area contributed by atoms with Gasteiger partial charge >= 0.3 is 0 Å². The van der Waals surface area contributed by atoms with Gasteiger partial charge < -0.3 is 14.2 Å². The lowest BCUT2D eigenvalue weighted by Crippen LogP contribution is -2.43. The second-order valence-corrected chi connectivity index (χ2v) is 7.30. The minimum atomic E-state index is 0.227. The number of aryl methyl sites for hydroxylation is 1. The van der Waals surface area contributed by atoms with Crippen LogP contribution in [0.3, 0.4) is 0 Å². The summed E-state index contributed by atoms with van der Waals surface area (Å²) in [7, 11) is 0. The molecule has 1 N–H and O–H groups in total. The van der Waals surface area contributed by atoms with Crippen LogP contribution < -0.4 is 0 Å². The lowest BCUT2D eigenvalue weighted by molar-refractivity contribution is -0.0578. The Hall–Kier alpha value is -1.73. The number of nitrogens with one attached hydrogen (secondary N) is 1. The van der Waals surface area contributed by atoms with Gasteiger partial charge in [0, 0.05) is 19.3 Å². The van der Waals surface area contributed by atoms with Crippen molar-refractivity contribution in [3.63, 3.8) is 0 Å². The van der Waals surface area contributed by atoms with Crippen LogP contribution in [0.5, 0.6) is 0 Å². The first-order valence-electron chi connectivity index (χ1n) is 9.41. The zero-order valence-corrected chi connectivity index (χ0v) is 14.9.